The van der Waals surface area contributed by atoms with Crippen LogP contribution in [0.1, 0.15) is 92.1 Å². The van der Waals surface area contributed by atoms with Crippen molar-refractivity contribution in [3.8, 4) is 0 Å². The molecule has 0 aliphatic carbocycles. The molecule has 1 aromatic carbocycles. The van der Waals surface area contributed by atoms with Gasteiger partial charge in [0.2, 0.25) is 65.0 Å². The number of H-pyrrole nitrogens is 1. The fourth-order valence-corrected chi connectivity index (χ4v) is 7.63. The number of hydrogen-bond donors (Lipinski definition) is 17. The van der Waals surface area contributed by atoms with Crippen molar-refractivity contribution < 1.29 is 52.7 Å². The Kier molecular flexibility index (Phi) is 29.3. The second kappa shape index (κ2) is 34.6. The van der Waals surface area contributed by atoms with E-state index in [-0.39, 0.29) is 88.8 Å². The lowest BCUT2D eigenvalue weighted by Crippen LogP contribution is -2.59. The first-order chi connectivity index (χ1) is 37.2. The van der Waals surface area contributed by atoms with Gasteiger partial charge >= 0.3 is 0 Å². The minimum absolute atomic E-state index is 0.0105. The van der Waals surface area contributed by atoms with E-state index in [0.29, 0.717) is 5.75 Å². The zero-order chi connectivity index (χ0) is 59.4. The largest absolute Gasteiger partial charge is 0.370 e. The number of nitrogens with one attached hydrogen (secondary N) is 11. The van der Waals surface area contributed by atoms with Crippen LogP contribution in [0.2, 0.25) is 0 Å². The number of benzene rings is 1. The molecule has 30 heteroatoms. The van der Waals surface area contributed by atoms with Crippen molar-refractivity contribution in [2.75, 3.05) is 31.9 Å². The van der Waals surface area contributed by atoms with Crippen LogP contribution in [-0.2, 0) is 59.2 Å². The number of carbonyl (C=O) groups excluding carboxylic acids is 11. The Morgan fingerprint density at radius 3 is 1.54 bits per heavy atom. The molecule has 8 atom stereocenters. The van der Waals surface area contributed by atoms with Gasteiger partial charge in [0, 0.05) is 48.9 Å². The van der Waals surface area contributed by atoms with Crippen LogP contribution in [0, 0.1) is 5.92 Å². The van der Waals surface area contributed by atoms with Gasteiger partial charge in [-0.05, 0) is 83.8 Å². The lowest BCUT2D eigenvalue weighted by Gasteiger charge is -2.27. The Bertz CT molecular complexity index is 2500. The van der Waals surface area contributed by atoms with Crippen molar-refractivity contribution in [2.45, 2.75) is 141 Å². The summed E-state index contributed by atoms with van der Waals surface area (Å²) in [4.78, 5) is 156. The molecule has 0 aliphatic rings. The molecule has 0 spiro atoms. The lowest BCUT2D eigenvalue weighted by molar-refractivity contribution is -0.135. The molecule has 0 unspecified atom stereocenters. The van der Waals surface area contributed by atoms with Crippen LogP contribution in [0.4, 0.5) is 0 Å². The average molecular weight is 1130 g/mol. The highest BCUT2D eigenvalue weighted by Crippen LogP contribution is 2.18. The molecule has 1 aromatic heterocycles. The van der Waals surface area contributed by atoms with E-state index in [0.717, 1.165) is 16.5 Å². The van der Waals surface area contributed by atoms with E-state index in [2.05, 4.69) is 80.8 Å². The number of amides is 11. The van der Waals surface area contributed by atoms with Crippen molar-refractivity contribution >= 4 is 100 Å². The zero-order valence-corrected chi connectivity index (χ0v) is 46.4. The second-order valence-corrected chi connectivity index (χ2v) is 19.5. The number of guanidine groups is 2. The van der Waals surface area contributed by atoms with Crippen LogP contribution >= 0.6 is 12.6 Å². The third-order valence-electron chi connectivity index (χ3n) is 11.7. The number of nitrogens with two attached hydrogens (primary N) is 5. The smallest absolute Gasteiger partial charge is 0.243 e. The summed E-state index contributed by atoms with van der Waals surface area (Å²) in [6.45, 7) is 8.76. The van der Waals surface area contributed by atoms with Crippen molar-refractivity contribution in [1.29, 1.82) is 0 Å². The summed E-state index contributed by atoms with van der Waals surface area (Å²) in [6.07, 6.45) is 1.41. The molecule has 11 amide bonds. The van der Waals surface area contributed by atoms with E-state index < -0.39 is 120 Å². The second-order valence-electron chi connectivity index (χ2n) is 19.1. The summed E-state index contributed by atoms with van der Waals surface area (Å²) in [5.41, 5.74) is 28.7. The van der Waals surface area contributed by atoms with Gasteiger partial charge in [0.05, 0.1) is 13.0 Å². The molecule has 438 valence electrons. The molecule has 0 saturated carbocycles. The normalized spacial score (nSPS) is 13.9. The Morgan fingerprint density at radius 1 is 0.532 bits per heavy atom. The van der Waals surface area contributed by atoms with Crippen LogP contribution in [0.15, 0.2) is 40.4 Å². The molecule has 2 aromatic rings. The van der Waals surface area contributed by atoms with Crippen molar-refractivity contribution in [3.05, 3.63) is 36.0 Å². The topological polar surface area (TPSA) is 479 Å². The summed E-state index contributed by atoms with van der Waals surface area (Å²) >= 11 is 4.04. The molecule has 0 bridgehead atoms. The predicted molar refractivity (Wildman–Crippen MR) is 298 cm³/mol. The highest BCUT2D eigenvalue weighted by molar-refractivity contribution is 7.80. The maximum Gasteiger partial charge on any atom is 0.243 e. The van der Waals surface area contributed by atoms with Crippen LogP contribution in [0.25, 0.3) is 10.9 Å². The van der Waals surface area contributed by atoms with Gasteiger partial charge in [-0.25, -0.2) is 0 Å². The van der Waals surface area contributed by atoms with E-state index in [1.54, 1.807) is 20.0 Å². The quantitative estimate of drug-likeness (QED) is 0.0133. The standard InChI is InChI=1S/C49H80N18O11S/c1-25(2)21-36(47(78)65-34(14-10-18-57-49(53)54)46(77)66-35(15-16-37(50)68)45(76)63-26(3)40(71)55-19-20-79)67-42(73)28(5)61-39(70)24-59-44(75)33(13-9-17-56-48(51)52)64-43(74)29(6)62-41(72)27(4)60-38(69)22-30-23-58-32-12-8-7-11-31(30)32/h7-8,11-12,23,25-29,33-36,58,79H,9-10,13-22,24H2,1-6H3,(H2,50,68)(H,55,71)(H,59,75)(H,60,69)(H,61,70)(H,62,72)(H,63,76)(H,64,74)(H,65,78)(H,66,77)(H,67,73)(H4,51,52,56)(H4,53,54,57)/t26-,27-,28-,29-,33-,34-,35-,36-/m0/s1. The lowest BCUT2D eigenvalue weighted by atomic mass is 10.0. The van der Waals surface area contributed by atoms with E-state index in [1.807, 2.05) is 24.3 Å². The Labute approximate surface area is 463 Å². The number of thiol groups is 1. The van der Waals surface area contributed by atoms with Crippen LogP contribution < -0.4 is 81.8 Å². The molecule has 1 heterocycles. The number of carbonyl (C=O) groups is 11. The molecule has 79 heavy (non-hydrogen) atoms. The SMILES string of the molecule is CC(C)C[C@H](NC(=O)[C@H](C)NC(=O)CNC(=O)[C@H](CCCN=C(N)N)NC(=O)[C@H](C)NC(=O)[C@H](C)NC(=O)Cc1c[nH]c2ccccc12)C(=O)N[C@@H](CCCN=C(N)N)C(=O)N[C@@H](CCC(N)=O)C(=O)N[C@@H](C)C(=O)NCCS. The van der Waals surface area contributed by atoms with Gasteiger partial charge in [0.25, 0.3) is 0 Å². The molecule has 29 nitrogen and oxygen atoms in total. The van der Waals surface area contributed by atoms with E-state index in [4.69, 9.17) is 28.7 Å². The third-order valence-corrected chi connectivity index (χ3v) is 11.9. The molecular formula is C49H80N18O11S. The van der Waals surface area contributed by atoms with Gasteiger partial charge in [-0.2, -0.15) is 12.6 Å². The number of hydrogen-bond acceptors (Lipinski definition) is 14. The van der Waals surface area contributed by atoms with Gasteiger partial charge in [-0.3, -0.25) is 62.7 Å². The summed E-state index contributed by atoms with van der Waals surface area (Å²) in [7, 11) is 0. The number of primary amides is 1. The molecule has 0 fully saturated rings. The van der Waals surface area contributed by atoms with Gasteiger partial charge in [0.1, 0.15) is 48.3 Å². The number of para-hydroxylation sites is 1. The Morgan fingerprint density at radius 2 is 0.987 bits per heavy atom. The Hall–Kier alpha value is -8.18. The van der Waals surface area contributed by atoms with Gasteiger partial charge in [-0.1, -0.05) is 32.0 Å². The van der Waals surface area contributed by atoms with E-state index in [1.165, 1.54) is 27.7 Å². The van der Waals surface area contributed by atoms with Crippen LogP contribution in [-0.4, -0.2) is 162 Å². The van der Waals surface area contributed by atoms with E-state index in [9.17, 15) is 52.7 Å². The number of aromatic nitrogens is 1. The van der Waals surface area contributed by atoms with Gasteiger partial charge in [0.15, 0.2) is 11.9 Å². The van der Waals surface area contributed by atoms with Crippen molar-refractivity contribution in [3.63, 3.8) is 0 Å². The summed E-state index contributed by atoms with van der Waals surface area (Å²) in [5, 5.41) is 26.2. The first-order valence-corrected chi connectivity index (χ1v) is 26.4. The maximum atomic E-state index is 14.0. The summed E-state index contributed by atoms with van der Waals surface area (Å²) in [5.74, 6) is -8.46. The first kappa shape index (κ1) is 66.9. The number of fused-ring (bicyclic) bond motifs is 1. The zero-order valence-electron chi connectivity index (χ0n) is 45.5. The third kappa shape index (κ3) is 25.7. The molecule has 0 aliphatic heterocycles. The number of aliphatic imine (C=N–C) groups is 2. The molecular weight excluding hydrogens is 1050 g/mol. The molecule has 0 saturated heterocycles. The predicted octanol–water partition coefficient (Wildman–Crippen LogP) is -4.75. The minimum atomic E-state index is -1.39. The van der Waals surface area contributed by atoms with Crippen LogP contribution in [0.5, 0.6) is 0 Å². The number of rotatable bonds is 35. The van der Waals surface area contributed by atoms with E-state index >= 15 is 0 Å². The molecule has 21 N–H and O–H groups in total. The fraction of sp³-hybridized carbons (Fsp3) is 0.571. The van der Waals surface area contributed by atoms with Crippen molar-refractivity contribution in [1.82, 2.24) is 58.2 Å². The average Bonchev–Trinajstić information content (AvgIpc) is 3.79. The highest BCUT2D eigenvalue weighted by Gasteiger charge is 2.33. The number of nitrogens with zero attached hydrogens (tertiary/aromatic N) is 2. The monoisotopic (exact) mass is 1130 g/mol. The molecule has 0 radical (unpaired) electrons. The Balaban J connectivity index is 2.13. The maximum absolute atomic E-state index is 14.0. The number of aromatic amines is 1. The minimum Gasteiger partial charge on any atom is -0.370 e. The fourth-order valence-electron chi connectivity index (χ4n) is 7.51. The van der Waals surface area contributed by atoms with Crippen molar-refractivity contribution in [2.24, 2.45) is 44.6 Å². The first-order valence-electron chi connectivity index (χ1n) is 25.7. The van der Waals surface area contributed by atoms with Crippen LogP contribution in [0.3, 0.4) is 0 Å². The van der Waals surface area contributed by atoms with Gasteiger partial charge < -0.3 is 86.8 Å². The molecule has 2 rings (SSSR count). The summed E-state index contributed by atoms with van der Waals surface area (Å²) in [6, 6.07) is -2.45. The highest BCUT2D eigenvalue weighted by atomic mass is 32.1. The summed E-state index contributed by atoms with van der Waals surface area (Å²) < 4.78 is 0. The van der Waals surface area contributed by atoms with Gasteiger partial charge in [-0.15, -0.1) is 0 Å².